The second kappa shape index (κ2) is 3.64. The summed E-state index contributed by atoms with van der Waals surface area (Å²) in [5, 5.41) is 13.1. The Hall–Kier alpha value is -1.27. The summed E-state index contributed by atoms with van der Waals surface area (Å²) in [6, 6.07) is 6.19. The van der Waals surface area contributed by atoms with Crippen LogP contribution in [0, 0.1) is 6.92 Å². The molecule has 1 aromatic carbocycles. The summed E-state index contributed by atoms with van der Waals surface area (Å²) in [4.78, 5) is 0.815. The minimum atomic E-state index is 0.815. The first kappa shape index (κ1) is 9.92. The van der Waals surface area contributed by atoms with Gasteiger partial charge in [0.15, 0.2) is 0 Å². The molecule has 4 nitrogen and oxygen atoms in total. The number of hydrogen-bond acceptors (Lipinski definition) is 4. The average Bonchev–Trinajstić information content (AvgIpc) is 2.81. The van der Waals surface area contributed by atoms with Crippen molar-refractivity contribution in [2.45, 2.75) is 6.92 Å². The van der Waals surface area contributed by atoms with Gasteiger partial charge in [0.2, 0.25) is 4.96 Å². The molecule has 0 aliphatic rings. The van der Waals surface area contributed by atoms with Gasteiger partial charge in [-0.1, -0.05) is 33.3 Å². The molecule has 2 heterocycles. The third kappa shape index (κ3) is 1.54. The van der Waals surface area contributed by atoms with E-state index in [2.05, 4.69) is 44.2 Å². The molecule has 0 aliphatic heterocycles. The normalized spacial score (nSPS) is 11.1. The van der Waals surface area contributed by atoms with Crippen molar-refractivity contribution in [3.63, 3.8) is 0 Å². The molecule has 0 aliphatic carbocycles. The summed E-state index contributed by atoms with van der Waals surface area (Å²) >= 11 is 5.02. The standard InChI is InChI=1S/C10H7BrN4S/c1-6-4-7(2-3-8(6)11)9-14-15-5-12-13-10(15)16-9/h2-5H,1H3. The van der Waals surface area contributed by atoms with Gasteiger partial charge in [0.25, 0.3) is 0 Å². The van der Waals surface area contributed by atoms with Crippen LogP contribution >= 0.6 is 27.3 Å². The minimum Gasteiger partial charge on any atom is -0.190 e. The van der Waals surface area contributed by atoms with Crippen molar-refractivity contribution < 1.29 is 0 Å². The zero-order valence-corrected chi connectivity index (χ0v) is 10.8. The van der Waals surface area contributed by atoms with Crippen LogP contribution in [0.5, 0.6) is 0 Å². The number of aryl methyl sites for hydroxylation is 1. The molecule has 0 atom stereocenters. The fourth-order valence-corrected chi connectivity index (χ4v) is 2.52. The number of benzene rings is 1. The highest BCUT2D eigenvalue weighted by Crippen LogP contribution is 2.27. The van der Waals surface area contributed by atoms with Gasteiger partial charge in [-0.3, -0.25) is 0 Å². The van der Waals surface area contributed by atoms with E-state index >= 15 is 0 Å². The molecule has 0 saturated heterocycles. The van der Waals surface area contributed by atoms with E-state index in [0.29, 0.717) is 0 Å². The van der Waals surface area contributed by atoms with Gasteiger partial charge in [0.1, 0.15) is 11.3 Å². The summed E-state index contributed by atoms with van der Waals surface area (Å²) in [6.45, 7) is 2.06. The Labute approximate surface area is 104 Å². The van der Waals surface area contributed by atoms with Gasteiger partial charge in [-0.05, 0) is 24.6 Å². The number of aromatic nitrogens is 4. The molecule has 0 radical (unpaired) electrons. The highest BCUT2D eigenvalue weighted by atomic mass is 79.9. The van der Waals surface area contributed by atoms with Crippen LogP contribution in [0.3, 0.4) is 0 Å². The summed E-state index contributed by atoms with van der Waals surface area (Å²) in [6.07, 6.45) is 1.61. The molecule has 0 N–H and O–H groups in total. The van der Waals surface area contributed by atoms with E-state index in [1.807, 2.05) is 12.1 Å². The quantitative estimate of drug-likeness (QED) is 0.693. The van der Waals surface area contributed by atoms with Crippen LogP contribution in [0.25, 0.3) is 15.5 Å². The monoisotopic (exact) mass is 294 g/mol. The molecule has 80 valence electrons. The molecule has 0 bridgehead atoms. The van der Waals surface area contributed by atoms with Gasteiger partial charge < -0.3 is 0 Å². The maximum atomic E-state index is 4.41. The maximum Gasteiger partial charge on any atom is 0.234 e. The average molecular weight is 295 g/mol. The second-order valence-electron chi connectivity index (χ2n) is 3.43. The largest absolute Gasteiger partial charge is 0.234 e. The van der Waals surface area contributed by atoms with Crippen molar-refractivity contribution in [3.05, 3.63) is 34.6 Å². The van der Waals surface area contributed by atoms with E-state index < -0.39 is 0 Å². The maximum absolute atomic E-state index is 4.41. The number of nitrogens with zero attached hydrogens (tertiary/aromatic N) is 4. The molecular weight excluding hydrogens is 288 g/mol. The molecule has 3 aromatic rings. The Bertz CT molecular complexity index is 629. The van der Waals surface area contributed by atoms with Crippen LogP contribution in [0.4, 0.5) is 0 Å². The summed E-state index contributed by atoms with van der Waals surface area (Å²) in [5.74, 6) is 0. The van der Waals surface area contributed by atoms with E-state index in [0.717, 1.165) is 20.0 Å². The van der Waals surface area contributed by atoms with E-state index in [1.165, 1.54) is 16.9 Å². The van der Waals surface area contributed by atoms with Crippen molar-refractivity contribution >= 4 is 32.2 Å². The van der Waals surface area contributed by atoms with Crippen LogP contribution < -0.4 is 0 Å². The lowest BCUT2D eigenvalue weighted by Gasteiger charge is -1.99. The third-order valence-electron chi connectivity index (χ3n) is 2.29. The molecule has 0 amide bonds. The Kier molecular flexibility index (Phi) is 2.26. The zero-order valence-electron chi connectivity index (χ0n) is 8.38. The molecule has 3 rings (SSSR count). The molecule has 2 aromatic heterocycles. The lowest BCUT2D eigenvalue weighted by molar-refractivity contribution is 0.959. The molecule has 0 unspecified atom stereocenters. The summed E-state index contributed by atoms with van der Waals surface area (Å²) in [7, 11) is 0. The molecule has 0 spiro atoms. The molecular formula is C10H7BrN4S. The van der Waals surface area contributed by atoms with Gasteiger partial charge in [-0.25, -0.2) is 0 Å². The van der Waals surface area contributed by atoms with Crippen LogP contribution in [0.15, 0.2) is 29.0 Å². The fourth-order valence-electron chi connectivity index (χ4n) is 1.45. The van der Waals surface area contributed by atoms with Crippen molar-refractivity contribution in [2.24, 2.45) is 0 Å². The summed E-state index contributed by atoms with van der Waals surface area (Å²) in [5.41, 5.74) is 2.31. The van der Waals surface area contributed by atoms with E-state index in [9.17, 15) is 0 Å². The van der Waals surface area contributed by atoms with Crippen LogP contribution in [-0.2, 0) is 0 Å². The Morgan fingerprint density at radius 3 is 3.00 bits per heavy atom. The first-order chi connectivity index (χ1) is 7.74. The predicted molar refractivity (Wildman–Crippen MR) is 66.5 cm³/mol. The lowest BCUT2D eigenvalue weighted by atomic mass is 10.1. The van der Waals surface area contributed by atoms with Crippen LogP contribution in [0.2, 0.25) is 0 Å². The smallest absolute Gasteiger partial charge is 0.190 e. The van der Waals surface area contributed by atoms with Gasteiger partial charge in [0.05, 0.1) is 0 Å². The Morgan fingerprint density at radius 1 is 1.38 bits per heavy atom. The molecule has 0 fully saturated rings. The van der Waals surface area contributed by atoms with Gasteiger partial charge >= 0.3 is 0 Å². The first-order valence-corrected chi connectivity index (χ1v) is 6.28. The van der Waals surface area contributed by atoms with Gasteiger partial charge in [-0.15, -0.1) is 10.2 Å². The van der Waals surface area contributed by atoms with Crippen LogP contribution in [0.1, 0.15) is 5.56 Å². The van der Waals surface area contributed by atoms with Gasteiger partial charge in [0, 0.05) is 10.0 Å². The Balaban J connectivity index is 2.15. The van der Waals surface area contributed by atoms with Crippen LogP contribution in [-0.4, -0.2) is 19.8 Å². The zero-order chi connectivity index (χ0) is 11.1. The Morgan fingerprint density at radius 2 is 2.25 bits per heavy atom. The highest BCUT2D eigenvalue weighted by molar-refractivity contribution is 9.10. The number of hydrogen-bond donors (Lipinski definition) is 0. The predicted octanol–water partition coefficient (Wildman–Crippen LogP) is 2.92. The van der Waals surface area contributed by atoms with E-state index in [1.54, 1.807) is 10.8 Å². The van der Waals surface area contributed by atoms with Crippen molar-refractivity contribution in [2.75, 3.05) is 0 Å². The topological polar surface area (TPSA) is 43.1 Å². The third-order valence-corrected chi connectivity index (χ3v) is 4.14. The number of rotatable bonds is 1. The lowest BCUT2D eigenvalue weighted by Crippen LogP contribution is -1.83. The number of halogens is 1. The van der Waals surface area contributed by atoms with E-state index in [4.69, 9.17) is 0 Å². The van der Waals surface area contributed by atoms with E-state index in [-0.39, 0.29) is 0 Å². The van der Waals surface area contributed by atoms with Crippen molar-refractivity contribution in [1.82, 2.24) is 19.8 Å². The fraction of sp³-hybridized carbons (Fsp3) is 0.100. The highest BCUT2D eigenvalue weighted by Gasteiger charge is 2.08. The SMILES string of the molecule is Cc1cc(-c2nn3cnnc3s2)ccc1Br. The second-order valence-corrected chi connectivity index (χ2v) is 5.24. The van der Waals surface area contributed by atoms with Crippen molar-refractivity contribution in [3.8, 4) is 10.6 Å². The molecule has 0 saturated carbocycles. The summed E-state index contributed by atoms with van der Waals surface area (Å²) < 4.78 is 2.80. The first-order valence-electron chi connectivity index (χ1n) is 4.67. The number of fused-ring (bicyclic) bond motifs is 1. The molecule has 6 heteroatoms. The molecule has 16 heavy (non-hydrogen) atoms. The minimum absolute atomic E-state index is 0.815. The van der Waals surface area contributed by atoms with Crippen molar-refractivity contribution in [1.29, 1.82) is 0 Å². The van der Waals surface area contributed by atoms with Gasteiger partial charge in [-0.2, -0.15) is 9.61 Å².